The van der Waals surface area contributed by atoms with Crippen molar-refractivity contribution < 1.29 is 9.90 Å². The molecule has 0 aromatic heterocycles. The summed E-state index contributed by atoms with van der Waals surface area (Å²) in [6.45, 7) is 2.23. The Balaban J connectivity index is 0. The molecular weight excluding hydrogens is 268 g/mol. The molecule has 0 aromatic carbocycles. The normalized spacial score (nSPS) is 14.1. The third-order valence-corrected chi connectivity index (χ3v) is 3.99. The maximum Gasteiger partial charge on any atom is 0.321 e. The first-order valence-electron chi connectivity index (χ1n) is 5.81. The Kier molecular flexibility index (Phi) is 13.8. The van der Waals surface area contributed by atoms with E-state index in [1.54, 1.807) is 30.8 Å². The number of thioether (sulfide) groups is 2. The molecule has 0 saturated carbocycles. The van der Waals surface area contributed by atoms with E-state index in [9.17, 15) is 4.79 Å². The zero-order valence-electron chi connectivity index (χ0n) is 12.6. The van der Waals surface area contributed by atoms with Crippen molar-refractivity contribution in [2.45, 2.75) is 19.0 Å². The molecule has 0 heterocycles. The predicted molar refractivity (Wildman–Crippen MR) is 85.0 cm³/mol. The zero-order valence-corrected chi connectivity index (χ0v) is 14.3. The highest BCUT2D eigenvalue weighted by Gasteiger charge is 2.17. The summed E-state index contributed by atoms with van der Waals surface area (Å²) in [5.41, 5.74) is 0. The number of aliphatic carboxylic acids is 1. The Morgan fingerprint density at radius 3 is 1.61 bits per heavy atom. The van der Waals surface area contributed by atoms with Gasteiger partial charge in [-0.1, -0.05) is 0 Å². The van der Waals surface area contributed by atoms with E-state index in [0.717, 1.165) is 0 Å². The van der Waals surface area contributed by atoms with Crippen molar-refractivity contribution in [3.63, 3.8) is 0 Å². The molecule has 110 valence electrons. The number of likely N-dealkylation sites (N-methyl/N-ethyl adjacent to an activating group) is 1. The lowest BCUT2D eigenvalue weighted by Crippen LogP contribution is -2.37. The summed E-state index contributed by atoms with van der Waals surface area (Å²) >= 11 is 3.44. The minimum absolute atomic E-state index is 0.352. The van der Waals surface area contributed by atoms with Crippen LogP contribution >= 0.6 is 23.5 Å². The van der Waals surface area contributed by atoms with Crippen LogP contribution in [0.15, 0.2) is 0 Å². The smallest absolute Gasteiger partial charge is 0.321 e. The molecule has 0 aliphatic rings. The van der Waals surface area contributed by atoms with Crippen molar-refractivity contribution in [2.24, 2.45) is 0 Å². The standard InChI is InChI=1S/C6H13NO2S.C6H15NS/c1-7(2)5(4-10-3)6(8)9;1-6(5-8-4)7(2)3/h5H,4H2,1-3H3,(H,8,9);6H,5H2,1-4H3/t;6-/m.1/s1. The van der Waals surface area contributed by atoms with Gasteiger partial charge in [-0.05, 0) is 47.6 Å². The molecule has 6 heteroatoms. The molecule has 18 heavy (non-hydrogen) atoms. The molecule has 0 spiro atoms. The number of carboxylic acids is 1. The molecule has 1 unspecified atom stereocenters. The molecule has 2 atom stereocenters. The van der Waals surface area contributed by atoms with Crippen molar-refractivity contribution in [3.8, 4) is 0 Å². The van der Waals surface area contributed by atoms with Gasteiger partial charge in [0.1, 0.15) is 6.04 Å². The van der Waals surface area contributed by atoms with Crippen molar-refractivity contribution in [1.82, 2.24) is 9.80 Å². The second-order valence-electron chi connectivity index (χ2n) is 4.54. The Morgan fingerprint density at radius 2 is 1.50 bits per heavy atom. The molecule has 1 N–H and O–H groups in total. The molecule has 0 saturated heterocycles. The van der Waals surface area contributed by atoms with Crippen LogP contribution in [-0.2, 0) is 4.79 Å². The van der Waals surface area contributed by atoms with E-state index >= 15 is 0 Å². The van der Waals surface area contributed by atoms with E-state index in [1.165, 1.54) is 5.75 Å². The van der Waals surface area contributed by atoms with Crippen molar-refractivity contribution in [3.05, 3.63) is 0 Å². The van der Waals surface area contributed by atoms with Crippen LogP contribution in [0.2, 0.25) is 0 Å². The zero-order chi connectivity index (χ0) is 14.7. The van der Waals surface area contributed by atoms with Gasteiger partial charge in [-0.25, -0.2) is 0 Å². The van der Waals surface area contributed by atoms with Crippen LogP contribution < -0.4 is 0 Å². The SMILES string of the molecule is CSCC(C(=O)O)N(C)C.CSC[C@@H](C)N(C)C. The number of rotatable bonds is 7. The van der Waals surface area contributed by atoms with E-state index < -0.39 is 5.97 Å². The average Bonchev–Trinajstić information content (AvgIpc) is 2.26. The van der Waals surface area contributed by atoms with Gasteiger partial charge in [-0.3, -0.25) is 9.69 Å². The van der Waals surface area contributed by atoms with Gasteiger partial charge < -0.3 is 10.0 Å². The monoisotopic (exact) mass is 296 g/mol. The summed E-state index contributed by atoms with van der Waals surface area (Å²) < 4.78 is 0. The summed E-state index contributed by atoms with van der Waals surface area (Å²) in [6.07, 6.45) is 4.04. The first-order chi connectivity index (χ1) is 8.27. The van der Waals surface area contributed by atoms with Crippen molar-refractivity contribution in [2.75, 3.05) is 52.2 Å². The summed E-state index contributed by atoms with van der Waals surface area (Å²) in [5, 5.41) is 8.62. The molecule has 0 aromatic rings. The van der Waals surface area contributed by atoms with Crippen molar-refractivity contribution >= 4 is 29.5 Å². The maximum absolute atomic E-state index is 10.5. The second kappa shape index (κ2) is 12.1. The molecule has 0 aliphatic carbocycles. The lowest BCUT2D eigenvalue weighted by atomic mass is 10.3. The van der Waals surface area contributed by atoms with Crippen LogP contribution in [-0.4, -0.2) is 85.2 Å². The lowest BCUT2D eigenvalue weighted by molar-refractivity contribution is -0.141. The van der Waals surface area contributed by atoms with E-state index in [1.807, 2.05) is 18.0 Å². The summed E-state index contributed by atoms with van der Waals surface area (Å²) in [5.74, 6) is 1.12. The summed E-state index contributed by atoms with van der Waals surface area (Å²) in [7, 11) is 7.77. The molecule has 0 amide bonds. The van der Waals surface area contributed by atoms with Crippen LogP contribution in [0.25, 0.3) is 0 Å². The summed E-state index contributed by atoms with van der Waals surface area (Å²) in [4.78, 5) is 14.4. The topological polar surface area (TPSA) is 43.8 Å². The Bertz CT molecular complexity index is 214. The summed E-state index contributed by atoms with van der Waals surface area (Å²) in [6, 6.07) is 0.361. The highest BCUT2D eigenvalue weighted by atomic mass is 32.2. The van der Waals surface area contributed by atoms with Gasteiger partial charge >= 0.3 is 5.97 Å². The van der Waals surface area contributed by atoms with Gasteiger partial charge in [0.25, 0.3) is 0 Å². The second-order valence-corrected chi connectivity index (χ2v) is 6.36. The van der Waals surface area contributed by atoms with E-state index in [0.29, 0.717) is 11.8 Å². The minimum atomic E-state index is -0.751. The Hall–Kier alpha value is 0.0900. The van der Waals surface area contributed by atoms with Crippen molar-refractivity contribution in [1.29, 1.82) is 0 Å². The van der Waals surface area contributed by atoms with E-state index in [-0.39, 0.29) is 6.04 Å². The first-order valence-corrected chi connectivity index (χ1v) is 8.60. The maximum atomic E-state index is 10.5. The molecular formula is C12H28N2O2S2. The van der Waals surface area contributed by atoms with Gasteiger partial charge in [-0.2, -0.15) is 23.5 Å². The van der Waals surface area contributed by atoms with Crippen LogP contribution in [0.4, 0.5) is 0 Å². The Labute approximate surface area is 120 Å². The van der Waals surface area contributed by atoms with Gasteiger partial charge in [-0.15, -0.1) is 0 Å². The van der Waals surface area contributed by atoms with Crippen LogP contribution in [0.1, 0.15) is 6.92 Å². The van der Waals surface area contributed by atoms with Crippen LogP contribution in [0.5, 0.6) is 0 Å². The number of carboxylic acid groups (broad SMARTS) is 1. The highest BCUT2D eigenvalue weighted by molar-refractivity contribution is 7.98. The third-order valence-electron chi connectivity index (χ3n) is 2.52. The quantitative estimate of drug-likeness (QED) is 0.771. The highest BCUT2D eigenvalue weighted by Crippen LogP contribution is 2.02. The molecule has 0 aliphatic heterocycles. The molecule has 0 fully saturated rings. The number of hydrogen-bond donors (Lipinski definition) is 1. The molecule has 0 rings (SSSR count). The predicted octanol–water partition coefficient (Wildman–Crippen LogP) is 1.66. The van der Waals surface area contributed by atoms with Crippen LogP contribution in [0.3, 0.4) is 0 Å². The fourth-order valence-electron chi connectivity index (χ4n) is 0.989. The number of hydrogen-bond acceptors (Lipinski definition) is 5. The molecule has 0 bridgehead atoms. The average molecular weight is 297 g/mol. The van der Waals surface area contributed by atoms with Gasteiger partial charge in [0.05, 0.1) is 0 Å². The largest absolute Gasteiger partial charge is 0.480 e. The molecule has 4 nitrogen and oxygen atoms in total. The number of carbonyl (C=O) groups is 1. The third kappa shape index (κ3) is 11.2. The van der Waals surface area contributed by atoms with Gasteiger partial charge in [0.2, 0.25) is 0 Å². The molecule has 0 radical (unpaired) electrons. The van der Waals surface area contributed by atoms with E-state index in [4.69, 9.17) is 5.11 Å². The fraction of sp³-hybridized carbons (Fsp3) is 0.917. The Morgan fingerprint density at radius 1 is 1.06 bits per heavy atom. The fourth-order valence-corrected chi connectivity index (χ4v) is 2.53. The van der Waals surface area contributed by atoms with Gasteiger partial charge in [0, 0.05) is 17.5 Å². The first kappa shape index (κ1) is 20.4. The lowest BCUT2D eigenvalue weighted by Gasteiger charge is -2.18. The number of nitrogens with zero attached hydrogens (tertiary/aromatic N) is 2. The minimum Gasteiger partial charge on any atom is -0.480 e. The van der Waals surface area contributed by atoms with E-state index in [2.05, 4.69) is 32.2 Å². The van der Waals surface area contributed by atoms with Gasteiger partial charge in [0.15, 0.2) is 0 Å². The van der Waals surface area contributed by atoms with Crippen LogP contribution in [0, 0.1) is 0 Å².